The molecule has 186 valence electrons. The highest BCUT2D eigenvalue weighted by atomic mass is 32.1. The molecule has 3 heteroatoms. The Labute approximate surface area is 232 Å². The quantitative estimate of drug-likeness (QED) is 0.232. The van der Waals surface area contributed by atoms with Crippen LogP contribution in [0.15, 0.2) is 146 Å². The van der Waals surface area contributed by atoms with E-state index in [1.165, 1.54) is 25.7 Å². The van der Waals surface area contributed by atoms with Crippen molar-refractivity contribution in [3.8, 4) is 22.4 Å². The Morgan fingerprint density at radius 3 is 2.46 bits per heavy atom. The summed E-state index contributed by atoms with van der Waals surface area (Å²) in [5.41, 5.74) is 8.93. The lowest BCUT2D eigenvalue weighted by atomic mass is 9.99. The van der Waals surface area contributed by atoms with Crippen molar-refractivity contribution >= 4 is 42.9 Å². The van der Waals surface area contributed by atoms with Crippen LogP contribution in [-0.4, -0.2) is 4.98 Å². The fourth-order valence-corrected chi connectivity index (χ4v) is 6.61. The predicted octanol–water partition coefficient (Wildman–Crippen LogP) is 10.1. The Morgan fingerprint density at radius 1 is 0.718 bits per heavy atom. The van der Waals surface area contributed by atoms with Gasteiger partial charge in [-0.2, -0.15) is 0 Å². The fourth-order valence-electron chi connectivity index (χ4n) is 5.40. The average Bonchev–Trinajstić information content (AvgIpc) is 3.40. The summed E-state index contributed by atoms with van der Waals surface area (Å²) in [6.45, 7) is 4.42. The van der Waals surface area contributed by atoms with E-state index in [1.54, 1.807) is 0 Å². The molecule has 0 radical (unpaired) electrons. The maximum Gasteiger partial charge on any atom is 0.0880 e. The minimum atomic E-state index is 0.877. The maximum atomic E-state index is 4.84. The van der Waals surface area contributed by atoms with Crippen molar-refractivity contribution in [2.45, 2.75) is 6.42 Å². The van der Waals surface area contributed by atoms with Gasteiger partial charge in [0.2, 0.25) is 0 Å². The molecule has 1 aliphatic rings. The van der Waals surface area contributed by atoms with E-state index in [0.717, 1.165) is 45.9 Å². The molecular formula is C36H26N2S. The number of hydrogen-bond donors (Lipinski definition) is 0. The van der Waals surface area contributed by atoms with Crippen LogP contribution in [0, 0.1) is 0 Å². The van der Waals surface area contributed by atoms with Crippen molar-refractivity contribution in [3.63, 3.8) is 0 Å². The number of allylic oxidation sites excluding steroid dienone is 4. The molecule has 3 heterocycles. The van der Waals surface area contributed by atoms with Crippen LogP contribution in [0.4, 0.5) is 11.4 Å². The minimum Gasteiger partial charge on any atom is -0.311 e. The molecule has 0 N–H and O–H groups in total. The fraction of sp³-hybridized carbons (Fsp3) is 0.0278. The molecule has 6 aromatic rings. The van der Waals surface area contributed by atoms with E-state index in [1.807, 2.05) is 17.5 Å². The van der Waals surface area contributed by atoms with E-state index in [9.17, 15) is 0 Å². The summed E-state index contributed by atoms with van der Waals surface area (Å²) in [6, 6.07) is 36.8. The van der Waals surface area contributed by atoms with Crippen molar-refractivity contribution in [2.75, 3.05) is 4.90 Å². The van der Waals surface area contributed by atoms with Gasteiger partial charge in [0.25, 0.3) is 0 Å². The molecule has 0 fully saturated rings. The lowest BCUT2D eigenvalue weighted by molar-refractivity contribution is 1.17. The van der Waals surface area contributed by atoms with Gasteiger partial charge in [0.1, 0.15) is 0 Å². The summed E-state index contributed by atoms with van der Waals surface area (Å²) >= 11 is 1.81. The number of rotatable bonds is 3. The summed E-state index contributed by atoms with van der Waals surface area (Å²) in [4.78, 5) is 7.09. The zero-order chi connectivity index (χ0) is 26.2. The molecule has 0 atom stereocenters. The van der Waals surface area contributed by atoms with Crippen molar-refractivity contribution in [1.29, 1.82) is 0 Å². The van der Waals surface area contributed by atoms with Crippen molar-refractivity contribution < 1.29 is 0 Å². The molecule has 0 aliphatic carbocycles. The van der Waals surface area contributed by atoms with Gasteiger partial charge in [-0.15, -0.1) is 11.3 Å². The van der Waals surface area contributed by atoms with Crippen LogP contribution in [-0.2, 0) is 6.42 Å². The first-order valence-electron chi connectivity index (χ1n) is 13.1. The lowest BCUT2D eigenvalue weighted by Crippen LogP contribution is -2.16. The van der Waals surface area contributed by atoms with Crippen LogP contribution in [0.5, 0.6) is 0 Å². The number of thiophene rings is 1. The summed E-state index contributed by atoms with van der Waals surface area (Å²) in [7, 11) is 0. The van der Waals surface area contributed by atoms with Crippen LogP contribution in [0.25, 0.3) is 42.6 Å². The molecule has 0 bridgehead atoms. The molecule has 0 spiro atoms. The molecule has 0 saturated heterocycles. The Balaban J connectivity index is 1.32. The topological polar surface area (TPSA) is 16.1 Å². The van der Waals surface area contributed by atoms with Gasteiger partial charge in [0, 0.05) is 44.3 Å². The minimum absolute atomic E-state index is 0.877. The van der Waals surface area contributed by atoms with Gasteiger partial charge in [-0.3, -0.25) is 4.98 Å². The summed E-state index contributed by atoms with van der Waals surface area (Å²) < 4.78 is 2.52. The smallest absolute Gasteiger partial charge is 0.0880 e. The standard InChI is InChI=1S/C36H26N2S/c1-25-11-3-2-4-12-26-13-5-7-19-33(26)38(25)30-17-10-15-28(24-30)27-14-9-16-29(23-27)35-36-32(21-22-37-35)31-18-6-8-20-34(31)39-36/h2-11,13-24H,1,12H2/b4-2-,11-3-. The van der Waals surface area contributed by atoms with E-state index in [2.05, 4.69) is 139 Å². The second kappa shape index (κ2) is 9.86. The number of hydrogen-bond acceptors (Lipinski definition) is 3. The van der Waals surface area contributed by atoms with E-state index in [-0.39, 0.29) is 0 Å². The Hall–Kier alpha value is -4.73. The molecule has 4 aromatic carbocycles. The first-order valence-corrected chi connectivity index (χ1v) is 14.0. The van der Waals surface area contributed by atoms with Gasteiger partial charge in [0.15, 0.2) is 0 Å². The SMILES string of the molecule is C=C1/C=C\C=C/Cc2ccccc2N1c1cccc(-c2cccc(-c3nccc4c3sc3ccccc34)c2)c1. The summed E-state index contributed by atoms with van der Waals surface area (Å²) in [5, 5.41) is 2.56. The monoisotopic (exact) mass is 518 g/mol. The number of benzene rings is 4. The molecule has 0 unspecified atom stereocenters. The van der Waals surface area contributed by atoms with E-state index >= 15 is 0 Å². The highest BCUT2D eigenvalue weighted by Gasteiger charge is 2.17. The molecule has 39 heavy (non-hydrogen) atoms. The Kier molecular flexibility index (Phi) is 5.92. The molecule has 0 saturated carbocycles. The Bertz CT molecular complexity index is 1920. The zero-order valence-corrected chi connectivity index (χ0v) is 22.2. The third-order valence-corrected chi connectivity index (χ3v) is 8.45. The van der Waals surface area contributed by atoms with Crippen LogP contribution >= 0.6 is 11.3 Å². The highest BCUT2D eigenvalue weighted by molar-refractivity contribution is 7.26. The number of pyridine rings is 1. The van der Waals surface area contributed by atoms with E-state index in [0.29, 0.717) is 0 Å². The molecular weight excluding hydrogens is 492 g/mol. The highest BCUT2D eigenvalue weighted by Crippen LogP contribution is 2.40. The molecule has 7 rings (SSSR count). The second-order valence-corrected chi connectivity index (χ2v) is 10.8. The van der Waals surface area contributed by atoms with E-state index < -0.39 is 0 Å². The number of anilines is 2. The molecule has 2 nitrogen and oxygen atoms in total. The van der Waals surface area contributed by atoms with Gasteiger partial charge < -0.3 is 4.90 Å². The molecule has 2 aromatic heterocycles. The van der Waals surface area contributed by atoms with Gasteiger partial charge in [-0.25, -0.2) is 0 Å². The molecule has 1 aliphatic heterocycles. The summed E-state index contributed by atoms with van der Waals surface area (Å²) in [5.74, 6) is 0. The van der Waals surface area contributed by atoms with Gasteiger partial charge in [-0.05, 0) is 65.6 Å². The van der Waals surface area contributed by atoms with Crippen molar-refractivity contribution in [1.82, 2.24) is 4.98 Å². The Morgan fingerprint density at radius 2 is 1.51 bits per heavy atom. The third kappa shape index (κ3) is 4.27. The number of fused-ring (bicyclic) bond motifs is 4. The van der Waals surface area contributed by atoms with Crippen LogP contribution in [0.3, 0.4) is 0 Å². The third-order valence-electron chi connectivity index (χ3n) is 7.26. The van der Waals surface area contributed by atoms with Crippen molar-refractivity contribution in [2.24, 2.45) is 0 Å². The lowest BCUT2D eigenvalue weighted by Gasteiger charge is -2.28. The van der Waals surface area contributed by atoms with Gasteiger partial charge >= 0.3 is 0 Å². The number of para-hydroxylation sites is 1. The first-order chi connectivity index (χ1) is 19.3. The van der Waals surface area contributed by atoms with Crippen LogP contribution in [0.1, 0.15) is 5.56 Å². The first kappa shape index (κ1) is 23.4. The van der Waals surface area contributed by atoms with E-state index in [4.69, 9.17) is 4.98 Å². The van der Waals surface area contributed by atoms with Crippen LogP contribution < -0.4 is 4.90 Å². The second-order valence-electron chi connectivity index (χ2n) is 9.71. The maximum absolute atomic E-state index is 4.84. The normalized spacial score (nSPS) is 15.0. The van der Waals surface area contributed by atoms with Crippen LogP contribution in [0.2, 0.25) is 0 Å². The van der Waals surface area contributed by atoms with Gasteiger partial charge in [0.05, 0.1) is 10.4 Å². The zero-order valence-electron chi connectivity index (χ0n) is 21.4. The average molecular weight is 519 g/mol. The molecule has 0 amide bonds. The predicted molar refractivity (Wildman–Crippen MR) is 168 cm³/mol. The number of nitrogens with zero attached hydrogens (tertiary/aromatic N) is 2. The summed E-state index contributed by atoms with van der Waals surface area (Å²) in [6.07, 6.45) is 11.2. The largest absolute Gasteiger partial charge is 0.311 e. The number of aromatic nitrogens is 1. The van der Waals surface area contributed by atoms with Gasteiger partial charge in [-0.1, -0.05) is 91.5 Å². The van der Waals surface area contributed by atoms with Crippen molar-refractivity contribution in [3.05, 3.63) is 151 Å².